The van der Waals surface area contributed by atoms with Crippen LogP contribution in [0.3, 0.4) is 0 Å². The van der Waals surface area contributed by atoms with Gasteiger partial charge in [-0.3, -0.25) is 14.4 Å². The third-order valence-corrected chi connectivity index (χ3v) is 12.8. The predicted octanol–water partition coefficient (Wildman–Crippen LogP) is 20.5. The molecule has 0 saturated carbocycles. The lowest BCUT2D eigenvalue weighted by Gasteiger charge is -2.18. The van der Waals surface area contributed by atoms with Gasteiger partial charge in [-0.2, -0.15) is 0 Å². The molecular weight excluding hydrogens is 889 g/mol. The third kappa shape index (κ3) is 57.2. The lowest BCUT2D eigenvalue weighted by Crippen LogP contribution is -2.30. The largest absolute Gasteiger partial charge is 0.462 e. The lowest BCUT2D eigenvalue weighted by atomic mass is 10.1. The molecular formula is C66H112O6. The highest BCUT2D eigenvalue weighted by molar-refractivity contribution is 5.71. The van der Waals surface area contributed by atoms with Crippen LogP contribution in [-0.4, -0.2) is 37.2 Å². The molecule has 0 bridgehead atoms. The van der Waals surface area contributed by atoms with Gasteiger partial charge in [0.15, 0.2) is 6.10 Å². The zero-order valence-electron chi connectivity index (χ0n) is 47.2. The number of hydrogen-bond donors (Lipinski definition) is 0. The summed E-state index contributed by atoms with van der Waals surface area (Å²) in [6.45, 7) is 6.47. The Balaban J connectivity index is 4.42. The van der Waals surface area contributed by atoms with E-state index < -0.39 is 6.10 Å². The van der Waals surface area contributed by atoms with Gasteiger partial charge in [-0.05, 0) is 122 Å². The van der Waals surface area contributed by atoms with E-state index in [4.69, 9.17) is 14.2 Å². The molecule has 72 heavy (non-hydrogen) atoms. The van der Waals surface area contributed by atoms with Gasteiger partial charge in [-0.1, -0.05) is 240 Å². The van der Waals surface area contributed by atoms with E-state index in [0.717, 1.165) is 109 Å². The van der Waals surface area contributed by atoms with Crippen LogP contribution >= 0.6 is 0 Å². The summed E-state index contributed by atoms with van der Waals surface area (Å²) in [5.41, 5.74) is 0. The van der Waals surface area contributed by atoms with Gasteiger partial charge < -0.3 is 14.2 Å². The van der Waals surface area contributed by atoms with Gasteiger partial charge in [0.25, 0.3) is 0 Å². The highest BCUT2D eigenvalue weighted by Gasteiger charge is 2.19. The Labute approximate surface area is 445 Å². The molecule has 0 aliphatic rings. The quantitative estimate of drug-likeness (QED) is 0.0261. The normalized spacial score (nSPS) is 12.8. The van der Waals surface area contributed by atoms with E-state index in [0.29, 0.717) is 19.3 Å². The average molecular weight is 1000 g/mol. The standard InChI is InChI=1S/C66H112O6/c1-4-7-10-13-16-19-22-25-27-29-31-33-35-37-39-41-44-47-50-53-56-59-65(68)71-62-63(61-70-64(67)58-55-52-49-46-43-24-21-18-15-12-9-6-3)72-66(69)60-57-54-51-48-45-42-40-38-36-34-32-30-28-26-23-20-17-14-11-8-5-2/h7,10,16,18-19,21,25,27,30-33,37,39,44,47,63H,4-6,8-9,11-15,17,20,22-24,26,28-29,34-36,38,40-43,45-46,48-62H2,1-3H3/b10-7-,19-16-,21-18-,27-25-,32-30-,33-31-,39-37-,47-44-. The van der Waals surface area contributed by atoms with Gasteiger partial charge in [-0.25, -0.2) is 0 Å². The van der Waals surface area contributed by atoms with Crippen molar-refractivity contribution in [1.29, 1.82) is 0 Å². The van der Waals surface area contributed by atoms with Crippen LogP contribution < -0.4 is 0 Å². The molecule has 1 atom stereocenters. The molecule has 0 aromatic carbocycles. The number of hydrogen-bond acceptors (Lipinski definition) is 6. The molecule has 0 aliphatic carbocycles. The first kappa shape index (κ1) is 68.3. The second-order valence-electron chi connectivity index (χ2n) is 19.9. The van der Waals surface area contributed by atoms with Crippen molar-refractivity contribution in [3.05, 3.63) is 97.2 Å². The van der Waals surface area contributed by atoms with Gasteiger partial charge in [0.2, 0.25) is 0 Å². The molecule has 0 heterocycles. The molecule has 6 nitrogen and oxygen atoms in total. The number of esters is 3. The fraction of sp³-hybridized carbons (Fsp3) is 0.712. The molecule has 0 spiro atoms. The van der Waals surface area contributed by atoms with Crippen LogP contribution in [0.15, 0.2) is 97.2 Å². The Morgan fingerprint density at radius 1 is 0.292 bits per heavy atom. The third-order valence-electron chi connectivity index (χ3n) is 12.8. The van der Waals surface area contributed by atoms with Crippen molar-refractivity contribution < 1.29 is 28.6 Å². The van der Waals surface area contributed by atoms with Crippen molar-refractivity contribution in [2.75, 3.05) is 13.2 Å². The van der Waals surface area contributed by atoms with Gasteiger partial charge in [0.1, 0.15) is 13.2 Å². The first-order valence-corrected chi connectivity index (χ1v) is 30.2. The Kier molecular flexibility index (Phi) is 56.8. The number of unbranched alkanes of at least 4 members (excludes halogenated alkanes) is 27. The van der Waals surface area contributed by atoms with Crippen LogP contribution in [-0.2, 0) is 28.6 Å². The second-order valence-corrected chi connectivity index (χ2v) is 19.9. The fourth-order valence-electron chi connectivity index (χ4n) is 8.26. The van der Waals surface area contributed by atoms with Crippen molar-refractivity contribution in [3.63, 3.8) is 0 Å². The minimum atomic E-state index is -0.801. The van der Waals surface area contributed by atoms with Crippen molar-refractivity contribution in [2.45, 2.75) is 290 Å². The van der Waals surface area contributed by atoms with E-state index in [9.17, 15) is 14.4 Å². The summed E-state index contributed by atoms with van der Waals surface area (Å²) in [4.78, 5) is 38.2. The van der Waals surface area contributed by atoms with Crippen LogP contribution in [0.25, 0.3) is 0 Å². The SMILES string of the molecule is CC/C=C\C/C=C\C/C=C\C/C=C\C/C=C\C/C=C\CCCCC(=O)OCC(COC(=O)CCCCCCC/C=C\CCCCC)OC(=O)CCCCCCCCCCC/C=C\CCCCCCCCCC. The predicted molar refractivity (Wildman–Crippen MR) is 311 cm³/mol. The first-order chi connectivity index (χ1) is 35.5. The molecule has 0 amide bonds. The monoisotopic (exact) mass is 1000 g/mol. The van der Waals surface area contributed by atoms with E-state index in [1.807, 2.05) is 0 Å². The van der Waals surface area contributed by atoms with Crippen molar-refractivity contribution in [2.24, 2.45) is 0 Å². The summed E-state index contributed by atoms with van der Waals surface area (Å²) in [5.74, 6) is -0.947. The maximum atomic E-state index is 12.9. The maximum absolute atomic E-state index is 12.9. The summed E-state index contributed by atoms with van der Waals surface area (Å²) >= 11 is 0. The molecule has 0 aromatic heterocycles. The smallest absolute Gasteiger partial charge is 0.306 e. The first-order valence-electron chi connectivity index (χ1n) is 30.2. The van der Waals surface area contributed by atoms with Crippen molar-refractivity contribution in [1.82, 2.24) is 0 Å². The zero-order chi connectivity index (χ0) is 52.2. The average Bonchev–Trinajstić information content (AvgIpc) is 3.38. The van der Waals surface area contributed by atoms with Crippen LogP contribution in [0.5, 0.6) is 0 Å². The molecule has 412 valence electrons. The summed E-state index contributed by atoms with van der Waals surface area (Å²) in [6, 6.07) is 0. The van der Waals surface area contributed by atoms with E-state index in [1.165, 1.54) is 135 Å². The fourth-order valence-corrected chi connectivity index (χ4v) is 8.26. The van der Waals surface area contributed by atoms with E-state index in [2.05, 4.69) is 118 Å². The Morgan fingerprint density at radius 2 is 0.542 bits per heavy atom. The van der Waals surface area contributed by atoms with Crippen LogP contribution in [0.2, 0.25) is 0 Å². The van der Waals surface area contributed by atoms with Crippen LogP contribution in [0.1, 0.15) is 284 Å². The second kappa shape index (κ2) is 59.9. The Hall–Kier alpha value is -3.67. The van der Waals surface area contributed by atoms with E-state index in [1.54, 1.807) is 0 Å². The highest BCUT2D eigenvalue weighted by Crippen LogP contribution is 2.15. The zero-order valence-corrected chi connectivity index (χ0v) is 47.2. The van der Waals surface area contributed by atoms with E-state index >= 15 is 0 Å². The Bertz CT molecular complexity index is 1430. The van der Waals surface area contributed by atoms with Gasteiger partial charge in [0.05, 0.1) is 0 Å². The number of rotatable bonds is 54. The Morgan fingerprint density at radius 3 is 0.917 bits per heavy atom. The van der Waals surface area contributed by atoms with Crippen molar-refractivity contribution >= 4 is 17.9 Å². The van der Waals surface area contributed by atoms with Gasteiger partial charge in [-0.15, -0.1) is 0 Å². The summed E-state index contributed by atoms with van der Waals surface area (Å²) < 4.78 is 16.8. The molecule has 0 aromatic rings. The number of carbonyl (C=O) groups excluding carboxylic acids is 3. The molecule has 0 aliphatic heterocycles. The van der Waals surface area contributed by atoms with Gasteiger partial charge >= 0.3 is 17.9 Å². The molecule has 0 radical (unpaired) electrons. The molecule has 1 unspecified atom stereocenters. The number of allylic oxidation sites excluding steroid dienone is 16. The molecule has 0 rings (SSSR count). The van der Waals surface area contributed by atoms with Crippen LogP contribution in [0.4, 0.5) is 0 Å². The van der Waals surface area contributed by atoms with Crippen LogP contribution in [0, 0.1) is 0 Å². The molecule has 6 heteroatoms. The number of ether oxygens (including phenoxy) is 3. The maximum Gasteiger partial charge on any atom is 0.306 e. The molecule has 0 fully saturated rings. The summed E-state index contributed by atoms with van der Waals surface area (Å²) in [5, 5.41) is 0. The van der Waals surface area contributed by atoms with E-state index in [-0.39, 0.29) is 31.1 Å². The van der Waals surface area contributed by atoms with Crippen molar-refractivity contribution in [3.8, 4) is 0 Å². The highest BCUT2D eigenvalue weighted by atomic mass is 16.6. The molecule has 0 N–H and O–H groups in total. The summed E-state index contributed by atoms with van der Waals surface area (Å²) in [6.07, 6.45) is 79.8. The minimum absolute atomic E-state index is 0.0965. The minimum Gasteiger partial charge on any atom is -0.462 e. The lowest BCUT2D eigenvalue weighted by molar-refractivity contribution is -0.167. The number of carbonyl (C=O) groups is 3. The summed E-state index contributed by atoms with van der Waals surface area (Å²) in [7, 11) is 0. The molecule has 0 saturated heterocycles. The topological polar surface area (TPSA) is 78.9 Å². The van der Waals surface area contributed by atoms with Gasteiger partial charge in [0, 0.05) is 19.3 Å².